The standard InChI is InChI=1S/C9H8FNO/c1-2-4-8(12)9-7(10)5-3-6-11-9/h1,3,5-6,8,12H,4H2. The fourth-order valence-electron chi connectivity index (χ4n) is 0.851. The Hall–Kier alpha value is -1.40. The van der Waals surface area contributed by atoms with Gasteiger partial charge in [0.25, 0.3) is 0 Å². The third-order valence-electron chi connectivity index (χ3n) is 1.41. The molecule has 12 heavy (non-hydrogen) atoms. The van der Waals surface area contributed by atoms with E-state index in [2.05, 4.69) is 10.9 Å². The average Bonchev–Trinajstić information content (AvgIpc) is 2.05. The number of aliphatic hydroxyl groups is 1. The molecule has 1 aromatic heterocycles. The zero-order valence-corrected chi connectivity index (χ0v) is 6.37. The molecule has 0 saturated heterocycles. The molecule has 0 aromatic carbocycles. The number of hydrogen-bond donors (Lipinski definition) is 1. The molecule has 0 aliphatic carbocycles. The summed E-state index contributed by atoms with van der Waals surface area (Å²) in [6.07, 6.45) is 5.45. The van der Waals surface area contributed by atoms with Gasteiger partial charge in [0.1, 0.15) is 17.6 Å². The van der Waals surface area contributed by atoms with Gasteiger partial charge in [0, 0.05) is 12.6 Å². The number of aliphatic hydroxyl groups excluding tert-OH is 1. The average molecular weight is 165 g/mol. The summed E-state index contributed by atoms with van der Waals surface area (Å²) in [6.45, 7) is 0. The highest BCUT2D eigenvalue weighted by molar-refractivity contribution is 5.11. The number of aromatic nitrogens is 1. The van der Waals surface area contributed by atoms with Crippen molar-refractivity contribution in [3.63, 3.8) is 0 Å². The highest BCUT2D eigenvalue weighted by Crippen LogP contribution is 2.15. The molecule has 0 fully saturated rings. The molecule has 1 unspecified atom stereocenters. The summed E-state index contributed by atoms with van der Waals surface area (Å²) in [5.74, 6) is 1.71. The first-order valence-electron chi connectivity index (χ1n) is 3.47. The predicted octanol–water partition coefficient (Wildman–Crippen LogP) is 1.28. The summed E-state index contributed by atoms with van der Waals surface area (Å²) < 4.78 is 12.9. The van der Waals surface area contributed by atoms with Crippen molar-refractivity contribution < 1.29 is 9.50 Å². The van der Waals surface area contributed by atoms with E-state index in [0.717, 1.165) is 0 Å². The van der Waals surface area contributed by atoms with Crippen LogP contribution in [0, 0.1) is 18.2 Å². The number of pyridine rings is 1. The maximum atomic E-state index is 12.9. The first-order chi connectivity index (χ1) is 5.75. The quantitative estimate of drug-likeness (QED) is 0.669. The van der Waals surface area contributed by atoms with Gasteiger partial charge >= 0.3 is 0 Å². The van der Waals surface area contributed by atoms with E-state index in [9.17, 15) is 9.50 Å². The highest BCUT2D eigenvalue weighted by Gasteiger charge is 2.11. The number of terminal acetylenes is 1. The summed E-state index contributed by atoms with van der Waals surface area (Å²) in [7, 11) is 0. The van der Waals surface area contributed by atoms with Crippen LogP contribution in [-0.2, 0) is 0 Å². The minimum Gasteiger partial charge on any atom is -0.386 e. The molecule has 0 saturated carbocycles. The molecule has 1 heterocycles. The Morgan fingerprint density at radius 3 is 3.08 bits per heavy atom. The molecule has 0 aliphatic heterocycles. The van der Waals surface area contributed by atoms with Crippen molar-refractivity contribution in [2.75, 3.05) is 0 Å². The highest BCUT2D eigenvalue weighted by atomic mass is 19.1. The van der Waals surface area contributed by atoms with Crippen LogP contribution >= 0.6 is 0 Å². The van der Waals surface area contributed by atoms with Crippen molar-refractivity contribution >= 4 is 0 Å². The largest absolute Gasteiger partial charge is 0.386 e. The summed E-state index contributed by atoms with van der Waals surface area (Å²) >= 11 is 0. The fraction of sp³-hybridized carbons (Fsp3) is 0.222. The zero-order valence-electron chi connectivity index (χ0n) is 6.37. The molecule has 1 N–H and O–H groups in total. The Morgan fingerprint density at radius 2 is 2.50 bits per heavy atom. The molecule has 0 amide bonds. The van der Waals surface area contributed by atoms with Crippen LogP contribution in [0.5, 0.6) is 0 Å². The van der Waals surface area contributed by atoms with Crippen LogP contribution in [0.1, 0.15) is 18.2 Å². The monoisotopic (exact) mass is 165 g/mol. The van der Waals surface area contributed by atoms with E-state index in [0.29, 0.717) is 0 Å². The first-order valence-corrected chi connectivity index (χ1v) is 3.47. The molecule has 62 valence electrons. The normalized spacial score (nSPS) is 12.1. The summed E-state index contributed by atoms with van der Waals surface area (Å²) in [6, 6.07) is 2.70. The molecule has 1 atom stereocenters. The summed E-state index contributed by atoms with van der Waals surface area (Å²) in [5.41, 5.74) is 0.00968. The SMILES string of the molecule is C#CCC(O)c1ncccc1F. The lowest BCUT2D eigenvalue weighted by Crippen LogP contribution is -2.02. The van der Waals surface area contributed by atoms with E-state index in [1.54, 1.807) is 0 Å². The van der Waals surface area contributed by atoms with Crippen molar-refractivity contribution in [2.24, 2.45) is 0 Å². The van der Waals surface area contributed by atoms with E-state index >= 15 is 0 Å². The molecular weight excluding hydrogens is 157 g/mol. The Kier molecular flexibility index (Phi) is 2.78. The third-order valence-corrected chi connectivity index (χ3v) is 1.41. The molecular formula is C9H8FNO. The minimum absolute atomic E-state index is 0.00968. The van der Waals surface area contributed by atoms with Gasteiger partial charge in [-0.15, -0.1) is 12.3 Å². The third kappa shape index (κ3) is 1.80. The van der Waals surface area contributed by atoms with Gasteiger partial charge in [-0.05, 0) is 12.1 Å². The van der Waals surface area contributed by atoms with Crippen LogP contribution in [0.25, 0.3) is 0 Å². The van der Waals surface area contributed by atoms with Gasteiger partial charge in [0.2, 0.25) is 0 Å². The maximum Gasteiger partial charge on any atom is 0.147 e. The van der Waals surface area contributed by atoms with Crippen molar-refractivity contribution in [3.05, 3.63) is 29.8 Å². The molecule has 3 heteroatoms. The second-order valence-corrected chi connectivity index (χ2v) is 2.29. The number of nitrogens with zero attached hydrogens (tertiary/aromatic N) is 1. The van der Waals surface area contributed by atoms with Crippen molar-refractivity contribution in [1.82, 2.24) is 4.98 Å². The number of halogens is 1. The topological polar surface area (TPSA) is 33.1 Å². The smallest absolute Gasteiger partial charge is 0.147 e. The molecule has 0 radical (unpaired) electrons. The van der Waals surface area contributed by atoms with Gasteiger partial charge in [-0.1, -0.05) is 0 Å². The van der Waals surface area contributed by atoms with E-state index in [-0.39, 0.29) is 12.1 Å². The van der Waals surface area contributed by atoms with Crippen LogP contribution < -0.4 is 0 Å². The van der Waals surface area contributed by atoms with E-state index < -0.39 is 11.9 Å². The van der Waals surface area contributed by atoms with Crippen LogP contribution in [0.2, 0.25) is 0 Å². The minimum atomic E-state index is -1.00. The Balaban J connectivity index is 2.88. The Labute approximate surface area is 70.1 Å². The van der Waals surface area contributed by atoms with E-state index in [1.165, 1.54) is 18.3 Å². The molecule has 1 aromatic rings. The molecule has 0 bridgehead atoms. The van der Waals surface area contributed by atoms with Gasteiger partial charge in [-0.3, -0.25) is 4.98 Å². The molecule has 0 spiro atoms. The van der Waals surface area contributed by atoms with Gasteiger partial charge < -0.3 is 5.11 Å². The van der Waals surface area contributed by atoms with Crippen molar-refractivity contribution in [1.29, 1.82) is 0 Å². The Bertz CT molecular complexity index is 306. The Morgan fingerprint density at radius 1 is 1.75 bits per heavy atom. The van der Waals surface area contributed by atoms with Gasteiger partial charge in [0.15, 0.2) is 0 Å². The second kappa shape index (κ2) is 3.84. The number of hydrogen-bond acceptors (Lipinski definition) is 2. The van der Waals surface area contributed by atoms with Crippen molar-refractivity contribution in [2.45, 2.75) is 12.5 Å². The lowest BCUT2D eigenvalue weighted by Gasteiger charge is -2.05. The molecule has 2 nitrogen and oxygen atoms in total. The lowest BCUT2D eigenvalue weighted by molar-refractivity contribution is 0.174. The molecule has 0 aliphatic rings. The lowest BCUT2D eigenvalue weighted by atomic mass is 10.1. The van der Waals surface area contributed by atoms with Gasteiger partial charge in [-0.2, -0.15) is 0 Å². The van der Waals surface area contributed by atoms with E-state index in [1.807, 2.05) is 0 Å². The van der Waals surface area contributed by atoms with Gasteiger partial charge in [-0.25, -0.2) is 4.39 Å². The van der Waals surface area contributed by atoms with E-state index in [4.69, 9.17) is 6.42 Å². The number of rotatable bonds is 2. The van der Waals surface area contributed by atoms with Gasteiger partial charge in [0.05, 0.1) is 0 Å². The fourth-order valence-corrected chi connectivity index (χ4v) is 0.851. The molecule has 1 rings (SSSR count). The summed E-state index contributed by atoms with van der Waals surface area (Å²) in [5, 5.41) is 9.26. The van der Waals surface area contributed by atoms with Crippen LogP contribution in [0.3, 0.4) is 0 Å². The predicted molar refractivity (Wildman–Crippen MR) is 42.6 cm³/mol. The van der Waals surface area contributed by atoms with Crippen LogP contribution in [0.4, 0.5) is 4.39 Å². The van der Waals surface area contributed by atoms with Crippen molar-refractivity contribution in [3.8, 4) is 12.3 Å². The summed E-state index contributed by atoms with van der Waals surface area (Å²) in [4.78, 5) is 3.68. The van der Waals surface area contributed by atoms with Crippen LogP contribution in [-0.4, -0.2) is 10.1 Å². The van der Waals surface area contributed by atoms with Crippen LogP contribution in [0.15, 0.2) is 18.3 Å². The zero-order chi connectivity index (χ0) is 8.97. The first kappa shape index (κ1) is 8.69. The maximum absolute atomic E-state index is 12.9. The second-order valence-electron chi connectivity index (χ2n) is 2.29.